The minimum Gasteiger partial charge on any atom is -0.508 e. The second-order valence-corrected chi connectivity index (χ2v) is 16.4. The van der Waals surface area contributed by atoms with Crippen molar-refractivity contribution in [3.63, 3.8) is 0 Å². The fourth-order valence-electron chi connectivity index (χ4n) is 8.07. The number of rotatable bonds is 14. The molecule has 1 fully saturated rings. The van der Waals surface area contributed by atoms with Gasteiger partial charge in [0.15, 0.2) is 11.6 Å². The van der Waals surface area contributed by atoms with E-state index in [1.807, 2.05) is 24.3 Å². The van der Waals surface area contributed by atoms with Gasteiger partial charge < -0.3 is 46.9 Å². The molecular weight excluding hydrogens is 809 g/mol. The predicted octanol–water partition coefficient (Wildman–Crippen LogP) is 2.72. The number of carbonyl (C=O) groups excluding carboxylic acids is 6. The van der Waals surface area contributed by atoms with E-state index >= 15 is 0 Å². The third kappa shape index (κ3) is 13.3. The second-order valence-electron chi connectivity index (χ2n) is 16.4. The van der Waals surface area contributed by atoms with Gasteiger partial charge in [-0.15, -0.1) is 0 Å². The van der Waals surface area contributed by atoms with Crippen LogP contribution < -0.4 is 21.7 Å². The molecule has 0 aliphatic carbocycles. The molecule has 16 nitrogen and oxygen atoms in total. The number of phenols is 1. The molecule has 2 heterocycles. The summed E-state index contributed by atoms with van der Waals surface area (Å²) in [5, 5.41) is 39.6. The van der Waals surface area contributed by atoms with E-state index in [-0.39, 0.29) is 44.3 Å². The number of hydrogen-bond donors (Lipinski definition) is 8. The number of aliphatic carboxylic acids is 1. The maximum Gasteiger partial charge on any atom is 0.303 e. The number of nitrogens with two attached hydrogens (primary N) is 1. The van der Waals surface area contributed by atoms with Gasteiger partial charge in [-0.25, -0.2) is 0 Å². The number of benzene rings is 3. The number of carboxylic acid groups (broad SMARTS) is 1. The van der Waals surface area contributed by atoms with E-state index in [0.717, 1.165) is 15.8 Å². The van der Waals surface area contributed by atoms with Crippen molar-refractivity contribution in [2.45, 2.75) is 101 Å². The molecule has 0 saturated carbocycles. The average molecular weight is 867 g/mol. The van der Waals surface area contributed by atoms with Gasteiger partial charge in [0.1, 0.15) is 17.8 Å². The van der Waals surface area contributed by atoms with Crippen molar-refractivity contribution in [3.05, 3.63) is 102 Å². The molecule has 1 aromatic heterocycles. The summed E-state index contributed by atoms with van der Waals surface area (Å²) in [7, 11) is 1.32. The summed E-state index contributed by atoms with van der Waals surface area (Å²) in [5.41, 5.74) is 8.48. The molecule has 1 aliphatic rings. The third-order valence-corrected chi connectivity index (χ3v) is 11.6. The Morgan fingerprint density at radius 3 is 2.06 bits per heavy atom. The summed E-state index contributed by atoms with van der Waals surface area (Å²) in [5.74, 6) is -7.58. The van der Waals surface area contributed by atoms with E-state index in [0.29, 0.717) is 36.1 Å². The topological polar surface area (TPSA) is 261 Å². The summed E-state index contributed by atoms with van der Waals surface area (Å²) in [6.07, 6.45) is -0.344. The van der Waals surface area contributed by atoms with Gasteiger partial charge in [-0.1, -0.05) is 67.1 Å². The van der Waals surface area contributed by atoms with Gasteiger partial charge in [0.05, 0.1) is 18.2 Å². The molecule has 3 aromatic carbocycles. The summed E-state index contributed by atoms with van der Waals surface area (Å²) < 4.78 is 0. The van der Waals surface area contributed by atoms with E-state index in [4.69, 9.17) is 5.73 Å². The van der Waals surface area contributed by atoms with E-state index in [2.05, 4.69) is 20.9 Å². The van der Waals surface area contributed by atoms with Crippen LogP contribution in [-0.4, -0.2) is 110 Å². The number of amides is 4. The van der Waals surface area contributed by atoms with Crippen molar-refractivity contribution in [3.8, 4) is 5.75 Å². The first-order chi connectivity index (χ1) is 30.1. The van der Waals surface area contributed by atoms with Crippen molar-refractivity contribution in [1.29, 1.82) is 0 Å². The Morgan fingerprint density at radius 1 is 0.746 bits per heavy atom. The molecule has 0 radical (unpaired) electrons. The quantitative estimate of drug-likeness (QED) is 0.0855. The lowest BCUT2D eigenvalue weighted by molar-refractivity contribution is -0.144. The number of nitrogens with zero attached hydrogens (tertiary/aromatic N) is 1. The maximum atomic E-state index is 14.6. The molecule has 16 heteroatoms. The Morgan fingerprint density at radius 2 is 1.38 bits per heavy atom. The van der Waals surface area contributed by atoms with Gasteiger partial charge in [0.25, 0.3) is 0 Å². The number of aliphatic hydroxyl groups is 1. The van der Waals surface area contributed by atoms with Crippen LogP contribution in [0.5, 0.6) is 5.75 Å². The highest BCUT2D eigenvalue weighted by Crippen LogP contribution is 2.25. The smallest absolute Gasteiger partial charge is 0.303 e. The normalized spacial score (nSPS) is 22.8. The maximum absolute atomic E-state index is 14.6. The second kappa shape index (κ2) is 22.6. The van der Waals surface area contributed by atoms with Crippen LogP contribution in [0.1, 0.15) is 68.6 Å². The Balaban J connectivity index is 1.62. The number of nitrogens with one attached hydrogen (secondary N) is 4. The van der Waals surface area contributed by atoms with Crippen molar-refractivity contribution in [1.82, 2.24) is 25.8 Å². The zero-order chi connectivity index (χ0) is 45.6. The molecule has 9 N–H and O–H groups in total. The number of aliphatic hydroxyl groups excluding tert-OH is 1. The number of fused-ring (bicyclic) bond motifs is 1. The van der Waals surface area contributed by atoms with Gasteiger partial charge >= 0.3 is 5.97 Å². The molecule has 1 saturated heterocycles. The third-order valence-electron chi connectivity index (χ3n) is 11.6. The number of para-hydroxylation sites is 1. The predicted molar refractivity (Wildman–Crippen MR) is 234 cm³/mol. The van der Waals surface area contributed by atoms with Crippen LogP contribution in [0.15, 0.2) is 85.1 Å². The zero-order valence-corrected chi connectivity index (χ0v) is 35.6. The van der Waals surface area contributed by atoms with E-state index in [1.165, 1.54) is 26.1 Å². The number of hydrogen-bond acceptors (Lipinski definition) is 10. The fourth-order valence-corrected chi connectivity index (χ4v) is 8.07. The van der Waals surface area contributed by atoms with E-state index in [9.17, 15) is 48.9 Å². The number of unbranched alkanes of at least 4 members (excludes halogenated alkanes) is 1. The summed E-state index contributed by atoms with van der Waals surface area (Å²) in [4.78, 5) is 103. The van der Waals surface area contributed by atoms with Gasteiger partial charge in [-0.3, -0.25) is 33.6 Å². The first-order valence-electron chi connectivity index (χ1n) is 21.3. The number of ketones is 2. The number of aromatic nitrogens is 1. The number of aromatic amines is 1. The summed E-state index contributed by atoms with van der Waals surface area (Å²) in [6, 6.07) is 16.6. The molecule has 1 aliphatic heterocycles. The zero-order valence-electron chi connectivity index (χ0n) is 35.6. The summed E-state index contributed by atoms with van der Waals surface area (Å²) in [6.45, 7) is 1.62. The average Bonchev–Trinajstić information content (AvgIpc) is 3.67. The fraction of sp³-hybridized carbons (Fsp3) is 0.426. The van der Waals surface area contributed by atoms with Crippen LogP contribution in [0.3, 0.4) is 0 Å². The van der Waals surface area contributed by atoms with E-state index < -0.39 is 96.1 Å². The summed E-state index contributed by atoms with van der Waals surface area (Å²) >= 11 is 0. The molecular formula is C47H58N6O10. The molecule has 336 valence electrons. The first kappa shape index (κ1) is 47.7. The largest absolute Gasteiger partial charge is 0.508 e. The van der Waals surface area contributed by atoms with Crippen LogP contribution in [0.2, 0.25) is 0 Å². The van der Waals surface area contributed by atoms with Crippen LogP contribution in [0.4, 0.5) is 0 Å². The number of likely N-dealkylation sites (N-methyl/N-ethyl adjacent to an activating group) is 1. The Labute approximate surface area is 366 Å². The van der Waals surface area contributed by atoms with Crippen LogP contribution in [0, 0.1) is 11.8 Å². The number of carbonyl (C=O) groups is 7. The Hall–Kier alpha value is -6.39. The Kier molecular flexibility index (Phi) is 17.1. The number of Topliss-reactive ketones (excluding diaryl/α,β-unsaturated/α-hetero) is 2. The standard InChI is InChI=1S/C47H58N6O10/c1-28(54)43-46(62)51-38(23-29-10-4-3-5-11-29)47(63)53(2)39(19-20-42(58)59)41(57)26-32(22-30-15-17-34(55)18-16-30)45(61)50-37(24-33-27-49-36-14-7-6-13-35(33)36)40(56)25-31(44(60)52-43)12-8-9-21-48/h3-7,10-11,13-18,27-28,31-32,37-39,43,49,54-55H,8-9,12,19-26,48H2,1-2H3,(H,50,61)(H,51,62)(H,52,60)(H,58,59)/t28-,31-,32-,37-,38+,39+,43+/m1/s1. The SMILES string of the molecule is C[C@@H](O)[C@@H]1NC(=O)[C@H](CCCCN)CC(=O)[C@@H](Cc2c[nH]c3ccccc23)NC(=O)[C@H](Cc2ccc(O)cc2)CC(=O)[C@H](CCC(=O)O)N(C)C(=O)[C@H](Cc2ccccc2)NC1=O. The molecule has 4 amide bonds. The van der Waals surface area contributed by atoms with Crippen molar-refractivity contribution < 1.29 is 48.9 Å². The number of phenolic OH excluding ortho intramolecular Hbond substituents is 1. The van der Waals surface area contributed by atoms with Crippen molar-refractivity contribution in [2.75, 3.05) is 13.6 Å². The van der Waals surface area contributed by atoms with Gasteiger partial charge in [0.2, 0.25) is 23.6 Å². The van der Waals surface area contributed by atoms with Gasteiger partial charge in [-0.2, -0.15) is 0 Å². The molecule has 0 bridgehead atoms. The molecule has 0 spiro atoms. The van der Waals surface area contributed by atoms with Crippen LogP contribution in [0.25, 0.3) is 10.9 Å². The number of H-pyrrole nitrogens is 1. The van der Waals surface area contributed by atoms with E-state index in [1.54, 1.807) is 48.7 Å². The highest BCUT2D eigenvalue weighted by atomic mass is 16.4. The van der Waals surface area contributed by atoms with Crippen LogP contribution >= 0.6 is 0 Å². The van der Waals surface area contributed by atoms with Crippen LogP contribution in [-0.2, 0) is 52.8 Å². The molecule has 0 unspecified atom stereocenters. The number of aromatic hydroxyl groups is 1. The van der Waals surface area contributed by atoms with Crippen molar-refractivity contribution in [2.24, 2.45) is 17.6 Å². The highest BCUT2D eigenvalue weighted by Gasteiger charge is 2.39. The monoisotopic (exact) mass is 866 g/mol. The molecule has 4 aromatic rings. The lowest BCUT2D eigenvalue weighted by Crippen LogP contribution is -2.59. The first-order valence-corrected chi connectivity index (χ1v) is 21.3. The highest BCUT2D eigenvalue weighted by molar-refractivity contribution is 5.99. The lowest BCUT2D eigenvalue weighted by atomic mass is 9.87. The molecule has 7 atom stereocenters. The molecule has 5 rings (SSSR count). The van der Waals surface area contributed by atoms with Gasteiger partial charge in [0, 0.05) is 68.1 Å². The van der Waals surface area contributed by atoms with Crippen molar-refractivity contribution >= 4 is 52.1 Å². The minimum atomic E-state index is -1.58. The Bertz CT molecular complexity index is 2230. The lowest BCUT2D eigenvalue weighted by Gasteiger charge is -2.33. The number of carboxylic acids is 1. The minimum absolute atomic E-state index is 0.00554. The molecule has 63 heavy (non-hydrogen) atoms. The van der Waals surface area contributed by atoms with Gasteiger partial charge in [-0.05, 0) is 74.0 Å².